The third kappa shape index (κ3) is 21.7. The lowest BCUT2D eigenvalue weighted by Gasteiger charge is -2.49. The second-order valence-electron chi connectivity index (χ2n) is 25.6. The van der Waals surface area contributed by atoms with Gasteiger partial charge in [-0.05, 0) is 97.0 Å². The molecule has 6 rings (SSSR count). The molecule has 11 N–H and O–H groups in total. The SMILES string of the molecule is CC[C@@H]1CC(C(=O)NCCNC(=O)c2cn(CCC(C)(C)OCC(C)(C)C(=O)N[C@@H](CCCCNC(C)=O)C(=O)OCc3ccccc3)nn2)CC(O[C@@H]2O[C@@H](CO)C(O)C(O[C@@H](CC3CCCCC3)C(=O)O)C2NC(C)=O)C1OC1OC(C)C(O)C(O)C1O. The van der Waals surface area contributed by atoms with Gasteiger partial charge in [-0.1, -0.05) is 81.0 Å². The summed E-state index contributed by atoms with van der Waals surface area (Å²) in [5, 5.41) is 86.9. The Bertz CT molecular complexity index is 2630. The fourth-order valence-corrected chi connectivity index (χ4v) is 11.8. The van der Waals surface area contributed by atoms with E-state index in [1.54, 1.807) is 13.8 Å². The molecule has 0 radical (unpaired) electrons. The Hall–Kier alpha value is -5.79. The van der Waals surface area contributed by atoms with Crippen molar-refractivity contribution in [2.45, 2.75) is 243 Å². The van der Waals surface area contributed by atoms with Gasteiger partial charge in [0.05, 0.1) is 48.7 Å². The first-order chi connectivity index (χ1) is 42.7. The molecule has 3 heterocycles. The van der Waals surface area contributed by atoms with Gasteiger partial charge in [-0.25, -0.2) is 9.59 Å². The maximum absolute atomic E-state index is 14.2. The number of carboxylic acids is 1. The van der Waals surface area contributed by atoms with Gasteiger partial charge in [0.2, 0.25) is 23.6 Å². The van der Waals surface area contributed by atoms with Crippen LogP contribution in [0.4, 0.5) is 0 Å². The van der Waals surface area contributed by atoms with E-state index in [9.17, 15) is 64.2 Å². The highest BCUT2D eigenvalue weighted by atomic mass is 16.7. The maximum Gasteiger partial charge on any atom is 0.332 e. The molecule has 16 atom stereocenters. The molecular weight excluding hydrogens is 1180 g/mol. The highest BCUT2D eigenvalue weighted by Gasteiger charge is 2.53. The Balaban J connectivity index is 1.05. The molecule has 4 fully saturated rings. The number of nitrogens with zero attached hydrogens (tertiary/aromatic N) is 3. The van der Waals surface area contributed by atoms with E-state index < -0.39 is 151 Å². The highest BCUT2D eigenvalue weighted by molar-refractivity contribution is 5.92. The lowest BCUT2D eigenvalue weighted by atomic mass is 9.75. The van der Waals surface area contributed by atoms with Crippen LogP contribution in [0.2, 0.25) is 0 Å². The Kier molecular flexibility index (Phi) is 28.3. The van der Waals surface area contributed by atoms with Crippen molar-refractivity contribution in [3.05, 3.63) is 47.8 Å². The average molecular weight is 1280 g/mol. The number of amides is 5. The average Bonchev–Trinajstić information content (AvgIpc) is 0.964. The fraction of sp³-hybridized carbons (Fsp3) is 0.758. The van der Waals surface area contributed by atoms with Crippen LogP contribution in [0.25, 0.3) is 0 Å². The van der Waals surface area contributed by atoms with Gasteiger partial charge in [-0.2, -0.15) is 0 Å². The van der Waals surface area contributed by atoms with E-state index in [1.807, 2.05) is 51.1 Å². The molecule has 11 unspecified atom stereocenters. The minimum atomic E-state index is -1.71. The zero-order chi connectivity index (χ0) is 65.9. The Morgan fingerprint density at radius 1 is 0.811 bits per heavy atom. The van der Waals surface area contributed by atoms with E-state index in [1.165, 1.54) is 31.6 Å². The molecule has 2 aliphatic heterocycles. The summed E-state index contributed by atoms with van der Waals surface area (Å²) in [5.74, 6) is -5.29. The van der Waals surface area contributed by atoms with Crippen LogP contribution in [0.5, 0.6) is 0 Å². The summed E-state index contributed by atoms with van der Waals surface area (Å²) in [6, 6.07) is 6.88. The largest absolute Gasteiger partial charge is 0.479 e. The van der Waals surface area contributed by atoms with Crippen molar-refractivity contribution in [1.29, 1.82) is 0 Å². The number of carboxylic acid groups (broad SMARTS) is 1. The molecule has 28 nitrogen and oxygen atoms in total. The van der Waals surface area contributed by atoms with Crippen molar-refractivity contribution in [1.82, 2.24) is 41.6 Å². The van der Waals surface area contributed by atoms with E-state index in [0.717, 1.165) is 37.7 Å². The molecule has 2 saturated carbocycles. The predicted octanol–water partition coefficient (Wildman–Crippen LogP) is 1.30. The van der Waals surface area contributed by atoms with Gasteiger partial charge in [0.1, 0.15) is 55.3 Å². The Morgan fingerprint density at radius 2 is 1.52 bits per heavy atom. The number of aliphatic hydroxyl groups excluding tert-OH is 5. The normalized spacial score (nSPS) is 28.2. The highest BCUT2D eigenvalue weighted by Crippen LogP contribution is 2.40. The first-order valence-corrected chi connectivity index (χ1v) is 31.7. The molecule has 1 aromatic heterocycles. The summed E-state index contributed by atoms with van der Waals surface area (Å²) in [6.45, 7) is 13.0. The summed E-state index contributed by atoms with van der Waals surface area (Å²) in [6.07, 6.45) is -8.46. The monoisotopic (exact) mass is 1270 g/mol. The molecule has 2 aliphatic carbocycles. The van der Waals surface area contributed by atoms with Gasteiger partial charge in [0.15, 0.2) is 24.4 Å². The second-order valence-corrected chi connectivity index (χ2v) is 25.6. The van der Waals surface area contributed by atoms with Crippen LogP contribution in [0.3, 0.4) is 0 Å². The summed E-state index contributed by atoms with van der Waals surface area (Å²) < 4.78 is 44.7. The number of carbonyl (C=O) groups is 7. The summed E-state index contributed by atoms with van der Waals surface area (Å²) in [5.41, 5.74) is -1.06. The summed E-state index contributed by atoms with van der Waals surface area (Å²) in [7, 11) is 0. The van der Waals surface area contributed by atoms with Gasteiger partial charge < -0.3 is 90.4 Å². The molecule has 28 heteroatoms. The van der Waals surface area contributed by atoms with E-state index in [-0.39, 0.29) is 69.6 Å². The predicted molar refractivity (Wildman–Crippen MR) is 320 cm³/mol. The van der Waals surface area contributed by atoms with Crippen molar-refractivity contribution in [2.24, 2.45) is 23.2 Å². The number of aliphatic hydroxyl groups is 5. The minimum absolute atomic E-state index is 0.00574. The Morgan fingerprint density at radius 3 is 2.19 bits per heavy atom. The van der Waals surface area contributed by atoms with Crippen LogP contribution in [0.1, 0.15) is 155 Å². The van der Waals surface area contributed by atoms with E-state index in [2.05, 4.69) is 36.9 Å². The third-order valence-corrected chi connectivity index (χ3v) is 17.3. The lowest BCUT2D eigenvalue weighted by molar-refractivity contribution is -0.338. The van der Waals surface area contributed by atoms with Crippen LogP contribution in [-0.2, 0) is 75.1 Å². The smallest absolute Gasteiger partial charge is 0.332 e. The number of hydrogen-bond donors (Lipinski definition) is 11. The van der Waals surface area contributed by atoms with Gasteiger partial charge in [-0.15, -0.1) is 5.10 Å². The van der Waals surface area contributed by atoms with E-state index in [0.29, 0.717) is 38.6 Å². The topological polar surface area (TPSA) is 396 Å². The van der Waals surface area contributed by atoms with Crippen molar-refractivity contribution < 1.29 is 97.4 Å². The third-order valence-electron chi connectivity index (χ3n) is 17.3. The molecule has 0 bridgehead atoms. The molecule has 4 aliphatic rings. The zero-order valence-electron chi connectivity index (χ0n) is 53.2. The minimum Gasteiger partial charge on any atom is -0.479 e. The number of unbranched alkanes of at least 4 members (excludes halogenated alkanes) is 1. The number of aromatic nitrogens is 3. The summed E-state index contributed by atoms with van der Waals surface area (Å²) in [4.78, 5) is 91.5. The zero-order valence-corrected chi connectivity index (χ0v) is 53.2. The van der Waals surface area contributed by atoms with Gasteiger partial charge in [0.25, 0.3) is 5.91 Å². The quantitative estimate of drug-likeness (QED) is 0.0354. The number of aliphatic carboxylic acids is 1. The van der Waals surface area contributed by atoms with Gasteiger partial charge in [0, 0.05) is 45.9 Å². The summed E-state index contributed by atoms with van der Waals surface area (Å²) >= 11 is 0. The van der Waals surface area contributed by atoms with Crippen molar-refractivity contribution in [2.75, 3.05) is 32.8 Å². The first kappa shape index (κ1) is 73.3. The first-order valence-electron chi connectivity index (χ1n) is 31.7. The molecule has 5 amide bonds. The maximum atomic E-state index is 14.2. The second kappa shape index (κ2) is 34.8. The van der Waals surface area contributed by atoms with Crippen LogP contribution < -0.4 is 26.6 Å². The number of ether oxygens (including phenoxy) is 7. The van der Waals surface area contributed by atoms with Crippen LogP contribution >= 0.6 is 0 Å². The van der Waals surface area contributed by atoms with Gasteiger partial charge >= 0.3 is 11.9 Å². The lowest BCUT2D eigenvalue weighted by Crippen LogP contribution is -2.67. The van der Waals surface area contributed by atoms with Crippen molar-refractivity contribution >= 4 is 41.5 Å². The number of rotatable bonds is 33. The van der Waals surface area contributed by atoms with Gasteiger partial charge in [-0.3, -0.25) is 28.7 Å². The number of carbonyl (C=O) groups excluding carboxylic acids is 6. The number of esters is 1. The number of benzene rings is 1. The molecular formula is C62H98N8O20. The van der Waals surface area contributed by atoms with Crippen molar-refractivity contribution in [3.8, 4) is 0 Å². The van der Waals surface area contributed by atoms with E-state index in [4.69, 9.17) is 33.2 Å². The molecule has 1 aromatic carbocycles. The van der Waals surface area contributed by atoms with Crippen LogP contribution in [-0.4, -0.2) is 211 Å². The molecule has 506 valence electrons. The van der Waals surface area contributed by atoms with Crippen LogP contribution in [0.15, 0.2) is 36.5 Å². The Labute approximate surface area is 525 Å². The molecule has 2 saturated heterocycles. The number of hydrogen-bond acceptors (Lipinski definition) is 21. The molecule has 90 heavy (non-hydrogen) atoms. The fourth-order valence-electron chi connectivity index (χ4n) is 11.8. The van der Waals surface area contributed by atoms with E-state index >= 15 is 0 Å². The molecule has 0 spiro atoms. The van der Waals surface area contributed by atoms with Crippen LogP contribution in [0, 0.1) is 23.2 Å². The molecule has 2 aromatic rings. The van der Waals surface area contributed by atoms with Crippen molar-refractivity contribution in [3.63, 3.8) is 0 Å². The number of nitrogens with one attached hydrogen (secondary N) is 5. The number of aryl methyl sites for hydroxylation is 1. The standard InChI is InChI=1S/C62H98N8O20/c1-9-40-29-41(30-44(52(40)90-59-51(77)50(76)48(74)35(2)86-59)88-58-47(66-37(4)73)53(49(75)46(32-71)89-58)87-45(56(80)81)28-38-18-12-10-13-19-38)54(78)64-25-26-65-55(79)43-31-70(69-68-43)27-23-62(7,8)85-34-61(5,6)60(83)67-42(22-16-17-24-63-36(3)72)57(82)84-33-39-20-14-11-15-21-39/h11,14-15,20-21,31,35,38,40-42,44-53,58-59,71,74-77H,9-10,12-13,16-19,22-30,32-34H2,1-8H3,(H,63,72)(H,64,78)(H,65,79)(H,66,73)(H,67,83)(H,80,81)/t35?,40-,41?,42+,44?,45+,46+,47?,48?,49?,50?,51?,52?,53?,58-,59?/m1/s1.